The van der Waals surface area contributed by atoms with E-state index in [-0.39, 0.29) is 0 Å². The van der Waals surface area contributed by atoms with Gasteiger partial charge in [0.25, 0.3) is 0 Å². The molecule has 0 aromatic carbocycles. The lowest BCUT2D eigenvalue weighted by molar-refractivity contribution is -0.128. The average molecular weight is 210 g/mol. The molecule has 15 heavy (non-hydrogen) atoms. The van der Waals surface area contributed by atoms with Gasteiger partial charge >= 0.3 is 0 Å². The van der Waals surface area contributed by atoms with Crippen molar-refractivity contribution in [2.75, 3.05) is 19.6 Å². The van der Waals surface area contributed by atoms with E-state index in [9.17, 15) is 4.79 Å². The van der Waals surface area contributed by atoms with Gasteiger partial charge in [-0.1, -0.05) is 19.3 Å². The van der Waals surface area contributed by atoms with Gasteiger partial charge in [0.2, 0.25) is 5.91 Å². The zero-order valence-corrected chi connectivity index (χ0v) is 9.45. The molecule has 0 bridgehead atoms. The minimum Gasteiger partial charge on any atom is -0.342 e. The third-order valence-electron chi connectivity index (χ3n) is 3.83. The molecule has 3 nitrogen and oxygen atoms in total. The summed E-state index contributed by atoms with van der Waals surface area (Å²) >= 11 is 0. The highest BCUT2D eigenvalue weighted by molar-refractivity contribution is 5.78. The van der Waals surface area contributed by atoms with Crippen LogP contribution in [-0.2, 0) is 4.79 Å². The molecular weight excluding hydrogens is 188 g/mol. The van der Waals surface area contributed by atoms with Crippen molar-refractivity contribution < 1.29 is 4.79 Å². The quantitative estimate of drug-likeness (QED) is 0.765. The molecule has 1 aliphatic carbocycles. The predicted octanol–water partition coefficient (Wildman–Crippen LogP) is 1.37. The van der Waals surface area contributed by atoms with Crippen LogP contribution in [0.1, 0.15) is 38.5 Å². The summed E-state index contributed by atoms with van der Waals surface area (Å²) in [5.74, 6) is 1.51. The number of carbonyl (C=O) groups is 1. The molecule has 1 saturated heterocycles. The Morgan fingerprint density at radius 1 is 1.20 bits per heavy atom. The molecule has 0 spiro atoms. The molecule has 3 heteroatoms. The van der Waals surface area contributed by atoms with E-state index in [1.807, 2.05) is 4.90 Å². The molecule has 1 amide bonds. The number of amides is 1. The van der Waals surface area contributed by atoms with Crippen molar-refractivity contribution in [1.29, 1.82) is 0 Å². The van der Waals surface area contributed by atoms with E-state index in [2.05, 4.69) is 0 Å². The Bertz CT molecular complexity index is 224. The van der Waals surface area contributed by atoms with E-state index in [0.29, 0.717) is 24.8 Å². The topological polar surface area (TPSA) is 46.3 Å². The molecule has 0 aromatic rings. The Balaban J connectivity index is 1.81. The number of nitrogens with two attached hydrogens (primary N) is 1. The fourth-order valence-corrected chi connectivity index (χ4v) is 2.87. The van der Waals surface area contributed by atoms with Gasteiger partial charge in [-0.25, -0.2) is 0 Å². The lowest BCUT2D eigenvalue weighted by atomic mass is 9.89. The van der Waals surface area contributed by atoms with Crippen LogP contribution in [0.2, 0.25) is 0 Å². The van der Waals surface area contributed by atoms with Gasteiger partial charge in [0, 0.05) is 19.5 Å². The maximum atomic E-state index is 11.7. The monoisotopic (exact) mass is 210 g/mol. The van der Waals surface area contributed by atoms with Crippen LogP contribution in [-0.4, -0.2) is 30.4 Å². The van der Waals surface area contributed by atoms with Crippen LogP contribution >= 0.6 is 0 Å². The second kappa shape index (κ2) is 4.97. The standard InChI is InChI=1S/C12H22N2O/c13-7-11-6-12(15)14(9-11)8-10-4-2-1-3-5-10/h10-11H,1-9,13H2. The zero-order chi connectivity index (χ0) is 10.7. The van der Waals surface area contributed by atoms with Crippen LogP contribution in [0.3, 0.4) is 0 Å². The van der Waals surface area contributed by atoms with E-state index >= 15 is 0 Å². The summed E-state index contributed by atoms with van der Waals surface area (Å²) in [6.45, 7) is 2.56. The van der Waals surface area contributed by atoms with Gasteiger partial charge in [0.15, 0.2) is 0 Å². The summed E-state index contributed by atoms with van der Waals surface area (Å²) in [4.78, 5) is 13.7. The number of carbonyl (C=O) groups excluding carboxylic acids is 1. The summed E-state index contributed by atoms with van der Waals surface area (Å²) in [7, 11) is 0. The third kappa shape index (κ3) is 2.71. The molecule has 0 aromatic heterocycles. The fourth-order valence-electron chi connectivity index (χ4n) is 2.87. The highest BCUT2D eigenvalue weighted by atomic mass is 16.2. The molecule has 1 unspecified atom stereocenters. The molecule has 2 rings (SSSR count). The molecular formula is C12H22N2O. The van der Waals surface area contributed by atoms with E-state index in [0.717, 1.165) is 19.0 Å². The largest absolute Gasteiger partial charge is 0.342 e. The Hall–Kier alpha value is -0.570. The predicted molar refractivity (Wildman–Crippen MR) is 60.3 cm³/mol. The Kier molecular flexibility index (Phi) is 3.62. The minimum absolute atomic E-state index is 0.330. The molecule has 2 fully saturated rings. The fraction of sp³-hybridized carbons (Fsp3) is 0.917. The van der Waals surface area contributed by atoms with Gasteiger partial charge in [-0.2, -0.15) is 0 Å². The van der Waals surface area contributed by atoms with Crippen molar-refractivity contribution in [1.82, 2.24) is 4.90 Å². The second-order valence-electron chi connectivity index (χ2n) is 5.11. The minimum atomic E-state index is 0.330. The van der Waals surface area contributed by atoms with Gasteiger partial charge in [0.05, 0.1) is 0 Å². The van der Waals surface area contributed by atoms with Gasteiger partial charge in [0.1, 0.15) is 0 Å². The van der Waals surface area contributed by atoms with Crippen LogP contribution in [0.15, 0.2) is 0 Å². The van der Waals surface area contributed by atoms with Crippen molar-refractivity contribution in [3.8, 4) is 0 Å². The summed E-state index contributed by atoms with van der Waals surface area (Å²) in [5.41, 5.74) is 5.61. The van der Waals surface area contributed by atoms with Gasteiger partial charge < -0.3 is 10.6 Å². The van der Waals surface area contributed by atoms with Gasteiger partial charge in [-0.3, -0.25) is 4.79 Å². The first-order chi connectivity index (χ1) is 7.29. The van der Waals surface area contributed by atoms with Crippen LogP contribution in [0, 0.1) is 11.8 Å². The second-order valence-corrected chi connectivity index (χ2v) is 5.11. The third-order valence-corrected chi connectivity index (χ3v) is 3.83. The molecule has 86 valence electrons. The maximum Gasteiger partial charge on any atom is 0.222 e. The molecule has 0 radical (unpaired) electrons. The van der Waals surface area contributed by atoms with Crippen molar-refractivity contribution >= 4 is 5.91 Å². The van der Waals surface area contributed by atoms with Crippen molar-refractivity contribution in [3.63, 3.8) is 0 Å². The first-order valence-corrected chi connectivity index (χ1v) is 6.27. The molecule has 2 aliphatic rings. The normalized spacial score (nSPS) is 28.7. The molecule has 1 saturated carbocycles. The Labute approximate surface area is 92.0 Å². The van der Waals surface area contributed by atoms with Crippen LogP contribution < -0.4 is 5.73 Å². The maximum absolute atomic E-state index is 11.7. The zero-order valence-electron chi connectivity index (χ0n) is 9.45. The number of rotatable bonds is 3. The summed E-state index contributed by atoms with van der Waals surface area (Å²) in [6.07, 6.45) is 7.41. The van der Waals surface area contributed by atoms with Gasteiger partial charge in [-0.05, 0) is 31.2 Å². The van der Waals surface area contributed by atoms with Gasteiger partial charge in [-0.15, -0.1) is 0 Å². The highest BCUT2D eigenvalue weighted by Crippen LogP contribution is 2.26. The summed E-state index contributed by atoms with van der Waals surface area (Å²) in [5, 5.41) is 0. The summed E-state index contributed by atoms with van der Waals surface area (Å²) < 4.78 is 0. The summed E-state index contributed by atoms with van der Waals surface area (Å²) in [6, 6.07) is 0. The van der Waals surface area contributed by atoms with E-state index in [1.54, 1.807) is 0 Å². The van der Waals surface area contributed by atoms with Crippen LogP contribution in [0.25, 0.3) is 0 Å². The number of nitrogens with zero attached hydrogens (tertiary/aromatic N) is 1. The molecule has 1 heterocycles. The van der Waals surface area contributed by atoms with Crippen molar-refractivity contribution in [3.05, 3.63) is 0 Å². The average Bonchev–Trinajstić information content (AvgIpc) is 2.61. The smallest absolute Gasteiger partial charge is 0.222 e. The van der Waals surface area contributed by atoms with Crippen LogP contribution in [0.4, 0.5) is 0 Å². The SMILES string of the molecule is NCC1CC(=O)N(CC2CCCCC2)C1. The first kappa shape index (κ1) is 10.9. The number of hydrogen-bond acceptors (Lipinski definition) is 2. The Morgan fingerprint density at radius 3 is 2.53 bits per heavy atom. The highest BCUT2D eigenvalue weighted by Gasteiger charge is 2.30. The lowest BCUT2D eigenvalue weighted by Gasteiger charge is -2.27. The molecule has 2 N–H and O–H groups in total. The number of likely N-dealkylation sites (tertiary alicyclic amines) is 1. The van der Waals surface area contributed by atoms with E-state index < -0.39 is 0 Å². The van der Waals surface area contributed by atoms with Crippen molar-refractivity contribution in [2.45, 2.75) is 38.5 Å². The first-order valence-electron chi connectivity index (χ1n) is 6.27. The molecule has 1 atom stereocenters. The lowest BCUT2D eigenvalue weighted by Crippen LogP contribution is -2.32. The van der Waals surface area contributed by atoms with E-state index in [4.69, 9.17) is 5.73 Å². The van der Waals surface area contributed by atoms with Crippen LogP contribution in [0.5, 0.6) is 0 Å². The van der Waals surface area contributed by atoms with Crippen molar-refractivity contribution in [2.24, 2.45) is 17.6 Å². The van der Waals surface area contributed by atoms with E-state index in [1.165, 1.54) is 32.1 Å². The number of hydrogen-bond donors (Lipinski definition) is 1. The molecule has 1 aliphatic heterocycles. The Morgan fingerprint density at radius 2 is 1.93 bits per heavy atom.